The molecule has 2 N–H and O–H groups in total. The lowest BCUT2D eigenvalue weighted by Gasteiger charge is -2.10. The van der Waals surface area contributed by atoms with Crippen LogP contribution >= 0.6 is 0 Å². The van der Waals surface area contributed by atoms with E-state index in [1.807, 2.05) is 54.6 Å². The van der Waals surface area contributed by atoms with Gasteiger partial charge in [0.1, 0.15) is 5.75 Å². The SMILES string of the molecule is COc1ccc2ccc(-c3ccc4ccccc4c3)cc2c1.OB(O)c1c2ccccc2cc2ccccc12. The number of fused-ring (bicyclic) bond motifs is 4. The summed E-state index contributed by atoms with van der Waals surface area (Å²) < 4.78 is 5.33. The minimum Gasteiger partial charge on any atom is -0.497 e. The Morgan fingerprint density at radius 3 is 1.54 bits per heavy atom. The van der Waals surface area contributed by atoms with Crippen LogP contribution in [0.15, 0.2) is 133 Å². The Balaban J connectivity index is 0.000000147. The summed E-state index contributed by atoms with van der Waals surface area (Å²) in [5, 5.41) is 27.9. The van der Waals surface area contributed by atoms with Gasteiger partial charge in [0.25, 0.3) is 0 Å². The summed E-state index contributed by atoms with van der Waals surface area (Å²) in [6, 6.07) is 45.4. The molecule has 3 nitrogen and oxygen atoms in total. The average Bonchev–Trinajstić information content (AvgIpc) is 2.99. The van der Waals surface area contributed by atoms with Gasteiger partial charge in [-0.15, -0.1) is 0 Å². The van der Waals surface area contributed by atoms with Crippen molar-refractivity contribution >= 4 is 55.7 Å². The van der Waals surface area contributed by atoms with Gasteiger partial charge in [0.2, 0.25) is 0 Å². The van der Waals surface area contributed by atoms with Crippen LogP contribution in [0.25, 0.3) is 54.2 Å². The topological polar surface area (TPSA) is 49.7 Å². The van der Waals surface area contributed by atoms with Gasteiger partial charge in [-0.2, -0.15) is 0 Å². The zero-order chi connectivity index (χ0) is 26.8. The van der Waals surface area contributed by atoms with Crippen molar-refractivity contribution in [1.29, 1.82) is 0 Å². The van der Waals surface area contributed by atoms with E-state index in [4.69, 9.17) is 4.74 Å². The van der Waals surface area contributed by atoms with Crippen molar-refractivity contribution < 1.29 is 14.8 Å². The van der Waals surface area contributed by atoms with E-state index in [0.29, 0.717) is 5.46 Å². The third kappa shape index (κ3) is 4.96. The lowest BCUT2D eigenvalue weighted by molar-refractivity contribution is 0.415. The van der Waals surface area contributed by atoms with E-state index >= 15 is 0 Å². The number of hydrogen-bond acceptors (Lipinski definition) is 3. The largest absolute Gasteiger partial charge is 0.497 e. The highest BCUT2D eigenvalue weighted by Crippen LogP contribution is 2.29. The lowest BCUT2D eigenvalue weighted by Crippen LogP contribution is -2.31. The second-order valence-electron chi connectivity index (χ2n) is 9.60. The zero-order valence-electron chi connectivity index (χ0n) is 21.6. The Kier molecular flexibility index (Phi) is 6.72. The van der Waals surface area contributed by atoms with Crippen LogP contribution in [-0.2, 0) is 0 Å². The fraction of sp³-hybridized carbons (Fsp3) is 0.0286. The van der Waals surface area contributed by atoms with Crippen LogP contribution in [0, 0.1) is 0 Å². The maximum Gasteiger partial charge on any atom is 0.489 e. The first-order chi connectivity index (χ1) is 19.1. The molecule has 0 aliphatic rings. The molecule has 7 aromatic carbocycles. The molecule has 0 unspecified atom stereocenters. The molecule has 0 aliphatic carbocycles. The van der Waals surface area contributed by atoms with Crippen LogP contribution in [0.1, 0.15) is 0 Å². The summed E-state index contributed by atoms with van der Waals surface area (Å²) in [6.07, 6.45) is 0. The fourth-order valence-electron chi connectivity index (χ4n) is 5.23. The molecular weight excluding hydrogens is 479 g/mol. The third-order valence-electron chi connectivity index (χ3n) is 7.20. The standard InChI is InChI=1S/C21H16O.C14H11BO2/c1-22-21-11-10-16-7-9-19(13-20(16)14-21)18-8-6-15-4-2-3-5-17(15)12-18;16-15(17)14-12-7-3-1-5-10(12)9-11-6-2-4-8-13(11)14/h2-14H,1H3;1-9,16-17H. The molecule has 0 saturated carbocycles. The van der Waals surface area contributed by atoms with Gasteiger partial charge in [0.05, 0.1) is 7.11 Å². The number of rotatable bonds is 3. The first kappa shape index (κ1) is 24.7. The molecule has 7 aromatic rings. The molecule has 0 heterocycles. The summed E-state index contributed by atoms with van der Waals surface area (Å²) >= 11 is 0. The highest BCUT2D eigenvalue weighted by atomic mass is 16.5. The quantitative estimate of drug-likeness (QED) is 0.195. The van der Waals surface area contributed by atoms with Crippen LogP contribution < -0.4 is 10.2 Å². The summed E-state index contributed by atoms with van der Waals surface area (Å²) in [7, 11) is 0.250. The van der Waals surface area contributed by atoms with E-state index in [0.717, 1.165) is 27.3 Å². The second kappa shape index (κ2) is 10.6. The van der Waals surface area contributed by atoms with Crippen molar-refractivity contribution in [3.8, 4) is 16.9 Å². The van der Waals surface area contributed by atoms with Crippen molar-refractivity contribution in [1.82, 2.24) is 0 Å². The van der Waals surface area contributed by atoms with Gasteiger partial charge in [-0.1, -0.05) is 103 Å². The monoisotopic (exact) mass is 506 g/mol. The summed E-state index contributed by atoms with van der Waals surface area (Å²) in [5.41, 5.74) is 3.05. The molecule has 0 saturated heterocycles. The zero-order valence-corrected chi connectivity index (χ0v) is 21.6. The van der Waals surface area contributed by atoms with Gasteiger partial charge in [-0.25, -0.2) is 0 Å². The highest BCUT2D eigenvalue weighted by molar-refractivity contribution is 6.65. The van der Waals surface area contributed by atoms with Gasteiger partial charge in [-0.3, -0.25) is 0 Å². The predicted molar refractivity (Wildman–Crippen MR) is 165 cm³/mol. The average molecular weight is 506 g/mol. The molecule has 0 aromatic heterocycles. The van der Waals surface area contributed by atoms with Gasteiger partial charge < -0.3 is 14.8 Å². The summed E-state index contributed by atoms with van der Waals surface area (Å²) in [4.78, 5) is 0. The predicted octanol–water partition coefficient (Wildman–Crippen LogP) is 7.34. The molecule has 0 spiro atoms. The molecule has 7 rings (SSSR count). The molecule has 0 fully saturated rings. The van der Waals surface area contributed by atoms with Crippen molar-refractivity contribution in [2.24, 2.45) is 0 Å². The van der Waals surface area contributed by atoms with Crippen molar-refractivity contribution in [3.63, 3.8) is 0 Å². The Morgan fingerprint density at radius 1 is 0.462 bits per heavy atom. The Morgan fingerprint density at radius 2 is 0.949 bits per heavy atom. The minimum atomic E-state index is -1.45. The van der Waals surface area contributed by atoms with Crippen LogP contribution in [0.2, 0.25) is 0 Å². The molecular formula is C35H27BO3. The van der Waals surface area contributed by atoms with Crippen LogP contribution in [-0.4, -0.2) is 24.3 Å². The highest BCUT2D eigenvalue weighted by Gasteiger charge is 2.18. The van der Waals surface area contributed by atoms with E-state index in [1.54, 1.807) is 7.11 Å². The Hall–Kier alpha value is -4.64. The molecule has 188 valence electrons. The number of benzene rings is 7. The van der Waals surface area contributed by atoms with E-state index in [1.165, 1.54) is 32.7 Å². The van der Waals surface area contributed by atoms with Crippen molar-refractivity contribution in [2.45, 2.75) is 0 Å². The minimum absolute atomic E-state index is 0.582. The molecule has 0 aliphatic heterocycles. The molecule has 0 atom stereocenters. The van der Waals surface area contributed by atoms with Gasteiger partial charge in [0.15, 0.2) is 0 Å². The van der Waals surface area contributed by atoms with Crippen LogP contribution in [0.4, 0.5) is 0 Å². The van der Waals surface area contributed by atoms with Crippen LogP contribution in [0.3, 0.4) is 0 Å². The van der Waals surface area contributed by atoms with E-state index in [2.05, 4.69) is 78.9 Å². The number of methoxy groups -OCH3 is 1. The first-order valence-corrected chi connectivity index (χ1v) is 12.9. The Bertz CT molecular complexity index is 1890. The maximum atomic E-state index is 9.58. The molecule has 0 bridgehead atoms. The Labute approximate surface area is 227 Å². The molecule has 39 heavy (non-hydrogen) atoms. The van der Waals surface area contributed by atoms with Gasteiger partial charge in [0, 0.05) is 0 Å². The summed E-state index contributed by atoms with van der Waals surface area (Å²) in [6.45, 7) is 0. The molecule has 0 radical (unpaired) electrons. The van der Waals surface area contributed by atoms with E-state index < -0.39 is 7.12 Å². The first-order valence-electron chi connectivity index (χ1n) is 12.9. The molecule has 4 heteroatoms. The normalized spacial score (nSPS) is 10.9. The maximum absolute atomic E-state index is 9.58. The lowest BCUT2D eigenvalue weighted by atomic mass is 9.74. The number of hydrogen-bond donors (Lipinski definition) is 2. The molecule has 0 amide bonds. The van der Waals surface area contributed by atoms with Gasteiger partial charge in [-0.05, 0) is 90.0 Å². The van der Waals surface area contributed by atoms with Gasteiger partial charge >= 0.3 is 7.12 Å². The van der Waals surface area contributed by atoms with Crippen LogP contribution in [0.5, 0.6) is 5.75 Å². The van der Waals surface area contributed by atoms with Crippen molar-refractivity contribution in [3.05, 3.63) is 133 Å². The van der Waals surface area contributed by atoms with E-state index in [-0.39, 0.29) is 0 Å². The van der Waals surface area contributed by atoms with Crippen molar-refractivity contribution in [2.75, 3.05) is 7.11 Å². The van der Waals surface area contributed by atoms with E-state index in [9.17, 15) is 10.0 Å². The summed E-state index contributed by atoms with van der Waals surface area (Å²) in [5.74, 6) is 0.892. The second-order valence-corrected chi connectivity index (χ2v) is 9.60. The third-order valence-corrected chi connectivity index (χ3v) is 7.20. The number of ether oxygens (including phenoxy) is 1. The fourth-order valence-corrected chi connectivity index (χ4v) is 5.23. The smallest absolute Gasteiger partial charge is 0.489 e.